The summed E-state index contributed by atoms with van der Waals surface area (Å²) in [4.78, 5) is 31.6. The molecule has 1 heterocycles. The Balaban J connectivity index is 2.62. The highest BCUT2D eigenvalue weighted by Crippen LogP contribution is 2.21. The number of carboxylic acid groups (broad SMARTS) is 1. The van der Waals surface area contributed by atoms with E-state index in [2.05, 4.69) is 0 Å². The molecule has 2 atom stereocenters. The van der Waals surface area contributed by atoms with Gasteiger partial charge in [-0.2, -0.15) is 4.89 Å². The molecule has 6 nitrogen and oxygen atoms in total. The van der Waals surface area contributed by atoms with Gasteiger partial charge in [0, 0.05) is 6.54 Å². The van der Waals surface area contributed by atoms with Crippen LogP contribution in [0.4, 0.5) is 0 Å². The number of hydrogen-bond donors (Lipinski definition) is 2. The summed E-state index contributed by atoms with van der Waals surface area (Å²) in [5, 5.41) is 8.74. The smallest absolute Gasteiger partial charge is 0.480 e. The van der Waals surface area contributed by atoms with Crippen LogP contribution in [0.25, 0.3) is 0 Å². The topological polar surface area (TPSA) is 94.9 Å². The number of carbonyl (C=O) groups excluding carboxylic acids is 1. The Morgan fingerprint density at radius 3 is 2.64 bits per heavy atom. The van der Waals surface area contributed by atoms with Crippen molar-refractivity contribution in [3.8, 4) is 0 Å². The highest BCUT2D eigenvalue weighted by molar-refractivity contribution is 7.39. The lowest BCUT2D eigenvalue weighted by Gasteiger charge is -2.18. The van der Waals surface area contributed by atoms with E-state index >= 15 is 0 Å². The van der Waals surface area contributed by atoms with Crippen molar-refractivity contribution < 1.29 is 24.2 Å². The van der Waals surface area contributed by atoms with Crippen molar-refractivity contribution in [2.75, 3.05) is 12.7 Å². The zero-order valence-corrected chi connectivity index (χ0v) is 8.31. The highest BCUT2D eigenvalue weighted by atomic mass is 31.1. The van der Waals surface area contributed by atoms with E-state index in [-0.39, 0.29) is 0 Å². The van der Waals surface area contributed by atoms with E-state index in [1.165, 1.54) is 0 Å². The molecule has 0 aromatic heterocycles. The first-order valence-electron chi connectivity index (χ1n) is 4.18. The predicted molar refractivity (Wildman–Crippen MR) is 47.1 cm³/mol. The molecular weight excluding hydrogens is 209 g/mol. The van der Waals surface area contributed by atoms with Crippen molar-refractivity contribution >= 4 is 19.9 Å². The Hall–Kier alpha value is -1.00. The molecule has 1 aliphatic heterocycles. The van der Waals surface area contributed by atoms with Crippen molar-refractivity contribution in [2.24, 2.45) is 0 Å². The molecule has 0 bridgehead atoms. The molecule has 7 heteroatoms. The summed E-state index contributed by atoms with van der Waals surface area (Å²) in [7, 11) is -2.53. The van der Waals surface area contributed by atoms with Gasteiger partial charge >= 0.3 is 14.0 Å². The lowest BCUT2D eigenvalue weighted by Crippen LogP contribution is -2.41. The van der Waals surface area contributed by atoms with E-state index < -0.39 is 32.1 Å². The van der Waals surface area contributed by atoms with Gasteiger partial charge in [-0.15, -0.1) is 0 Å². The fraction of sp³-hybridized carbons (Fsp3) is 0.714. The first-order valence-corrected chi connectivity index (χ1v) is 5.58. The number of nitrogens with zero attached hydrogens (tertiary/aromatic N) is 1. The fourth-order valence-corrected chi connectivity index (χ4v) is 1.94. The van der Waals surface area contributed by atoms with E-state index in [1.807, 2.05) is 0 Å². The monoisotopic (exact) mass is 220 g/mol. The average Bonchev–Trinajstić information content (AvgIpc) is 2.49. The molecule has 0 saturated carbocycles. The van der Waals surface area contributed by atoms with Gasteiger partial charge in [0.2, 0.25) is 0 Å². The van der Waals surface area contributed by atoms with Crippen molar-refractivity contribution in [1.82, 2.24) is 4.90 Å². The molecule has 0 aromatic rings. The zero-order valence-electron chi connectivity index (χ0n) is 7.42. The van der Waals surface area contributed by atoms with E-state index in [4.69, 9.17) is 10.00 Å². The standard InChI is InChI=1S/C7H10NO5P/c9-6(4-14(12)13)8-3-1-2-5(8)7(10)11/h5H,1-4H2,(H-,10,11,12,13)/p+1. The first-order chi connectivity index (χ1) is 6.52. The maximum Gasteiger partial charge on any atom is 0.515 e. The molecule has 1 aliphatic rings. The minimum Gasteiger partial charge on any atom is -0.480 e. The Labute approximate surface area is 81.4 Å². The number of hydrogen-bond acceptors (Lipinski definition) is 3. The minimum atomic E-state index is -2.53. The third kappa shape index (κ3) is 2.49. The summed E-state index contributed by atoms with van der Waals surface area (Å²) < 4.78 is 10.4. The van der Waals surface area contributed by atoms with Gasteiger partial charge in [-0.1, -0.05) is 0 Å². The van der Waals surface area contributed by atoms with E-state index in [0.29, 0.717) is 19.4 Å². The van der Waals surface area contributed by atoms with Crippen LogP contribution in [-0.4, -0.2) is 45.5 Å². The Kier molecular flexibility index (Phi) is 3.55. The van der Waals surface area contributed by atoms with Gasteiger partial charge in [0.15, 0.2) is 0 Å². The van der Waals surface area contributed by atoms with Crippen molar-refractivity contribution in [1.29, 1.82) is 0 Å². The second-order valence-corrected chi connectivity index (χ2v) is 4.11. The van der Waals surface area contributed by atoms with Crippen LogP contribution in [0.3, 0.4) is 0 Å². The van der Waals surface area contributed by atoms with E-state index in [9.17, 15) is 14.2 Å². The van der Waals surface area contributed by atoms with Gasteiger partial charge < -0.3 is 10.0 Å². The minimum absolute atomic E-state index is 0.360. The molecule has 0 aliphatic carbocycles. The van der Waals surface area contributed by atoms with Gasteiger partial charge in [0.25, 0.3) is 12.1 Å². The normalized spacial score (nSPS) is 22.2. The number of likely N-dealkylation sites (tertiary alicyclic amines) is 1. The van der Waals surface area contributed by atoms with Crippen LogP contribution in [0.2, 0.25) is 0 Å². The van der Waals surface area contributed by atoms with Crippen molar-refractivity contribution in [3.05, 3.63) is 0 Å². The lowest BCUT2D eigenvalue weighted by molar-refractivity contribution is -0.147. The van der Waals surface area contributed by atoms with Crippen LogP contribution in [-0.2, 0) is 14.2 Å². The average molecular weight is 220 g/mol. The molecular formula is C7H11NO5P+. The van der Waals surface area contributed by atoms with Crippen LogP contribution in [0, 0.1) is 0 Å². The molecule has 0 spiro atoms. The third-order valence-corrected chi connectivity index (χ3v) is 2.67. The second kappa shape index (κ2) is 4.48. The third-order valence-electron chi connectivity index (χ3n) is 2.13. The van der Waals surface area contributed by atoms with Crippen LogP contribution in [0.5, 0.6) is 0 Å². The Morgan fingerprint density at radius 2 is 2.14 bits per heavy atom. The molecule has 0 aromatic carbocycles. The molecule has 14 heavy (non-hydrogen) atoms. The number of carboxylic acids is 1. The summed E-state index contributed by atoms with van der Waals surface area (Å²) in [5.41, 5.74) is 0. The van der Waals surface area contributed by atoms with Crippen LogP contribution >= 0.6 is 8.03 Å². The Bertz CT molecular complexity index is 279. The number of aliphatic carboxylic acids is 1. The van der Waals surface area contributed by atoms with Gasteiger partial charge in [0.05, 0.1) is 0 Å². The quantitative estimate of drug-likeness (QED) is 0.642. The largest absolute Gasteiger partial charge is 0.515 e. The molecule has 78 valence electrons. The van der Waals surface area contributed by atoms with Gasteiger partial charge in [-0.05, 0) is 17.4 Å². The predicted octanol–water partition coefficient (Wildman–Crippen LogP) is -0.203. The maximum absolute atomic E-state index is 11.3. The molecule has 0 radical (unpaired) electrons. The summed E-state index contributed by atoms with van der Waals surface area (Å²) in [6.45, 7) is 0.360. The SMILES string of the molecule is O=C(O)C1CCCN1C(=O)C[P+](=O)O. The summed E-state index contributed by atoms with van der Waals surface area (Å²) in [5.74, 6) is -1.61. The molecule has 1 rings (SSSR count). The van der Waals surface area contributed by atoms with Crippen LogP contribution in [0.15, 0.2) is 0 Å². The number of rotatable bonds is 3. The Morgan fingerprint density at radius 1 is 1.50 bits per heavy atom. The summed E-state index contributed by atoms with van der Waals surface area (Å²) in [6.07, 6.45) is 0.563. The summed E-state index contributed by atoms with van der Waals surface area (Å²) >= 11 is 0. The number of amides is 1. The molecule has 1 amide bonds. The first kappa shape index (κ1) is 11.1. The van der Waals surface area contributed by atoms with Crippen molar-refractivity contribution in [3.63, 3.8) is 0 Å². The fourth-order valence-electron chi connectivity index (χ4n) is 1.53. The van der Waals surface area contributed by atoms with Gasteiger partial charge in [-0.25, -0.2) is 4.79 Å². The van der Waals surface area contributed by atoms with E-state index in [0.717, 1.165) is 4.90 Å². The molecule has 1 fully saturated rings. The van der Waals surface area contributed by atoms with E-state index in [1.54, 1.807) is 0 Å². The molecule has 2 unspecified atom stereocenters. The van der Waals surface area contributed by atoms with Gasteiger partial charge in [0.1, 0.15) is 6.04 Å². The second-order valence-electron chi connectivity index (χ2n) is 3.09. The maximum atomic E-state index is 11.3. The van der Waals surface area contributed by atoms with Crippen molar-refractivity contribution in [2.45, 2.75) is 18.9 Å². The van der Waals surface area contributed by atoms with Gasteiger partial charge in [-0.3, -0.25) is 4.79 Å². The lowest BCUT2D eigenvalue weighted by atomic mass is 10.2. The summed E-state index contributed by atoms with van der Waals surface area (Å²) in [6, 6.07) is -0.822. The molecule has 1 saturated heterocycles. The highest BCUT2D eigenvalue weighted by Gasteiger charge is 2.36. The van der Waals surface area contributed by atoms with Crippen LogP contribution in [0.1, 0.15) is 12.8 Å². The number of carbonyl (C=O) groups is 2. The van der Waals surface area contributed by atoms with Crippen LogP contribution < -0.4 is 0 Å². The zero-order chi connectivity index (χ0) is 10.7. The molecule has 2 N–H and O–H groups in total.